The molecule has 2 nitrogen and oxygen atoms in total. The number of nitrogens with zero attached hydrogens (tertiary/aromatic N) is 1. The van der Waals surface area contributed by atoms with Crippen LogP contribution >= 0.6 is 24.0 Å². The lowest BCUT2D eigenvalue weighted by molar-refractivity contribution is 0.274. The molecule has 0 amide bonds. The highest BCUT2D eigenvalue weighted by Crippen LogP contribution is 2.29. The third-order valence-corrected chi connectivity index (χ3v) is 3.68. The van der Waals surface area contributed by atoms with Crippen LogP contribution in [0.5, 0.6) is 0 Å². The molecule has 1 heterocycles. The number of hydrogen-bond acceptors (Lipinski definition) is 2. The molecule has 1 aliphatic rings. The fraction of sp³-hybridized carbons (Fsp3) is 0.538. The zero-order chi connectivity index (χ0) is 12.5. The van der Waals surface area contributed by atoms with Crippen LogP contribution in [0.2, 0.25) is 5.02 Å². The van der Waals surface area contributed by atoms with Gasteiger partial charge in [-0.25, -0.2) is 4.39 Å². The third-order valence-electron chi connectivity index (χ3n) is 3.46. The number of likely N-dealkylation sites (tertiary alicyclic amines) is 1. The fourth-order valence-electron chi connectivity index (χ4n) is 2.39. The lowest BCUT2D eigenvalue weighted by atomic mass is 9.90. The number of rotatable bonds is 3. The van der Waals surface area contributed by atoms with Crippen LogP contribution in [0.15, 0.2) is 18.2 Å². The minimum atomic E-state index is -0.270. The SMILES string of the molecule is CC1(CN)CCN(Cc2cc(F)cc(Cl)c2)C1.Cl. The van der Waals surface area contributed by atoms with Crippen LogP contribution in [0.3, 0.4) is 0 Å². The molecule has 5 heteroatoms. The summed E-state index contributed by atoms with van der Waals surface area (Å²) in [7, 11) is 0. The van der Waals surface area contributed by atoms with Gasteiger partial charge in [-0.2, -0.15) is 0 Å². The van der Waals surface area contributed by atoms with Gasteiger partial charge >= 0.3 is 0 Å². The lowest BCUT2D eigenvalue weighted by Crippen LogP contribution is -2.31. The van der Waals surface area contributed by atoms with Crippen molar-refractivity contribution in [1.82, 2.24) is 4.90 Å². The average molecular weight is 293 g/mol. The van der Waals surface area contributed by atoms with E-state index >= 15 is 0 Å². The zero-order valence-corrected chi connectivity index (χ0v) is 12.0. The molecule has 0 bridgehead atoms. The summed E-state index contributed by atoms with van der Waals surface area (Å²) in [4.78, 5) is 2.30. The van der Waals surface area contributed by atoms with Gasteiger partial charge in [0.05, 0.1) is 0 Å². The Morgan fingerprint density at radius 1 is 1.44 bits per heavy atom. The summed E-state index contributed by atoms with van der Waals surface area (Å²) >= 11 is 5.84. The highest BCUT2D eigenvalue weighted by Gasteiger charge is 2.32. The molecule has 0 radical (unpaired) electrons. The van der Waals surface area contributed by atoms with Gasteiger partial charge in [0, 0.05) is 18.1 Å². The average Bonchev–Trinajstić information content (AvgIpc) is 2.59. The Hall–Kier alpha value is -0.350. The van der Waals surface area contributed by atoms with Crippen LogP contribution in [0.4, 0.5) is 4.39 Å². The van der Waals surface area contributed by atoms with Gasteiger partial charge in [0.15, 0.2) is 0 Å². The topological polar surface area (TPSA) is 29.3 Å². The normalized spacial score (nSPS) is 24.0. The van der Waals surface area contributed by atoms with Gasteiger partial charge in [0.1, 0.15) is 5.82 Å². The van der Waals surface area contributed by atoms with Crippen LogP contribution < -0.4 is 5.73 Å². The van der Waals surface area contributed by atoms with Gasteiger partial charge in [-0.1, -0.05) is 18.5 Å². The van der Waals surface area contributed by atoms with Crippen molar-refractivity contribution in [2.45, 2.75) is 19.9 Å². The molecule has 18 heavy (non-hydrogen) atoms. The van der Waals surface area contributed by atoms with Gasteiger partial charge in [-0.3, -0.25) is 4.90 Å². The van der Waals surface area contributed by atoms with E-state index in [0.717, 1.165) is 31.6 Å². The van der Waals surface area contributed by atoms with E-state index in [1.54, 1.807) is 6.07 Å². The summed E-state index contributed by atoms with van der Waals surface area (Å²) in [6.45, 7) is 5.63. The van der Waals surface area contributed by atoms with Gasteiger partial charge in [-0.05, 0) is 48.7 Å². The molecule has 2 rings (SSSR count). The van der Waals surface area contributed by atoms with Crippen molar-refractivity contribution in [3.05, 3.63) is 34.6 Å². The summed E-state index contributed by atoms with van der Waals surface area (Å²) in [6, 6.07) is 4.70. The molecule has 0 saturated carbocycles. The smallest absolute Gasteiger partial charge is 0.125 e. The summed E-state index contributed by atoms with van der Waals surface area (Å²) < 4.78 is 13.2. The third kappa shape index (κ3) is 3.82. The summed E-state index contributed by atoms with van der Waals surface area (Å²) in [5.41, 5.74) is 6.90. The van der Waals surface area contributed by atoms with E-state index in [-0.39, 0.29) is 23.6 Å². The molecule has 0 aliphatic carbocycles. The van der Waals surface area contributed by atoms with Gasteiger partial charge < -0.3 is 5.73 Å². The first-order valence-corrected chi connectivity index (χ1v) is 6.26. The van der Waals surface area contributed by atoms with Gasteiger partial charge in [0.2, 0.25) is 0 Å². The number of benzene rings is 1. The largest absolute Gasteiger partial charge is 0.330 e. The highest BCUT2D eigenvalue weighted by atomic mass is 35.5. The highest BCUT2D eigenvalue weighted by molar-refractivity contribution is 6.30. The van der Waals surface area contributed by atoms with Gasteiger partial charge in [0.25, 0.3) is 0 Å². The van der Waals surface area contributed by atoms with E-state index in [2.05, 4.69) is 11.8 Å². The van der Waals surface area contributed by atoms with Crippen LogP contribution in [-0.4, -0.2) is 24.5 Å². The Morgan fingerprint density at radius 3 is 2.72 bits per heavy atom. The van der Waals surface area contributed by atoms with Crippen LogP contribution in [0.25, 0.3) is 0 Å². The lowest BCUT2D eigenvalue weighted by Gasteiger charge is -2.22. The molecule has 1 saturated heterocycles. The van der Waals surface area contributed by atoms with Crippen molar-refractivity contribution in [2.75, 3.05) is 19.6 Å². The maximum Gasteiger partial charge on any atom is 0.125 e. The summed E-state index contributed by atoms with van der Waals surface area (Å²) in [5, 5.41) is 0.459. The molecular formula is C13H19Cl2FN2. The predicted molar refractivity (Wildman–Crippen MR) is 75.7 cm³/mol. The molecule has 2 N–H and O–H groups in total. The van der Waals surface area contributed by atoms with Crippen LogP contribution in [0.1, 0.15) is 18.9 Å². The molecule has 1 aliphatic heterocycles. The second-order valence-electron chi connectivity index (χ2n) is 5.25. The number of hydrogen-bond donors (Lipinski definition) is 1. The minimum absolute atomic E-state index is 0. The first-order chi connectivity index (χ1) is 8.00. The van der Waals surface area contributed by atoms with Crippen LogP contribution in [0, 0.1) is 11.2 Å². The van der Waals surface area contributed by atoms with Crippen molar-refractivity contribution >= 4 is 24.0 Å². The van der Waals surface area contributed by atoms with E-state index < -0.39 is 0 Å². The van der Waals surface area contributed by atoms with Gasteiger partial charge in [-0.15, -0.1) is 12.4 Å². The molecule has 102 valence electrons. The Labute approximate surface area is 119 Å². The second kappa shape index (κ2) is 6.20. The number of nitrogens with two attached hydrogens (primary N) is 1. The maximum atomic E-state index is 13.2. The summed E-state index contributed by atoms with van der Waals surface area (Å²) in [5.74, 6) is -0.270. The van der Waals surface area contributed by atoms with Crippen molar-refractivity contribution in [2.24, 2.45) is 11.1 Å². The fourth-order valence-corrected chi connectivity index (χ4v) is 2.63. The van der Waals surface area contributed by atoms with E-state index in [4.69, 9.17) is 17.3 Å². The molecule has 0 spiro atoms. The number of halogens is 3. The summed E-state index contributed by atoms with van der Waals surface area (Å²) in [6.07, 6.45) is 1.10. The quantitative estimate of drug-likeness (QED) is 0.928. The van der Waals surface area contributed by atoms with E-state index in [1.807, 2.05) is 6.07 Å². The van der Waals surface area contributed by atoms with Crippen molar-refractivity contribution < 1.29 is 4.39 Å². The van der Waals surface area contributed by atoms with Crippen molar-refractivity contribution in [3.8, 4) is 0 Å². The van der Waals surface area contributed by atoms with Crippen molar-refractivity contribution in [1.29, 1.82) is 0 Å². The van der Waals surface area contributed by atoms with E-state index in [0.29, 0.717) is 11.6 Å². The Bertz CT molecular complexity index is 394. The minimum Gasteiger partial charge on any atom is -0.330 e. The molecule has 1 aromatic rings. The first kappa shape index (κ1) is 15.7. The molecule has 1 fully saturated rings. The first-order valence-electron chi connectivity index (χ1n) is 5.88. The monoisotopic (exact) mass is 292 g/mol. The van der Waals surface area contributed by atoms with E-state index in [9.17, 15) is 4.39 Å². The van der Waals surface area contributed by atoms with E-state index in [1.165, 1.54) is 6.07 Å². The zero-order valence-electron chi connectivity index (χ0n) is 10.5. The molecule has 1 unspecified atom stereocenters. The molecule has 0 aromatic heterocycles. The maximum absolute atomic E-state index is 13.2. The Morgan fingerprint density at radius 2 is 2.17 bits per heavy atom. The molecule has 1 atom stereocenters. The predicted octanol–water partition coefficient (Wildman–Crippen LogP) is 3.07. The second-order valence-corrected chi connectivity index (χ2v) is 5.69. The van der Waals surface area contributed by atoms with Crippen LogP contribution in [-0.2, 0) is 6.54 Å². The molecular weight excluding hydrogens is 274 g/mol. The van der Waals surface area contributed by atoms with Crippen molar-refractivity contribution in [3.63, 3.8) is 0 Å². The molecule has 1 aromatic carbocycles. The Kier molecular flexibility index (Phi) is 5.41. The Balaban J connectivity index is 0.00000162. The standard InChI is InChI=1S/C13H18ClFN2.ClH/c1-13(8-16)2-3-17(9-13)7-10-4-11(14)6-12(15)5-10;/h4-6H,2-3,7-9,16H2,1H3;1H.